The molecule has 3 aromatic rings. The summed E-state index contributed by atoms with van der Waals surface area (Å²) in [5.74, 6) is 1.77. The number of nitrogens with zero attached hydrogens (tertiary/aromatic N) is 5. The predicted octanol–water partition coefficient (Wildman–Crippen LogP) is 1.46. The number of aryl methyl sites for hydroxylation is 3. The highest BCUT2D eigenvalue weighted by Gasteiger charge is 2.08. The Morgan fingerprint density at radius 1 is 1.30 bits per heavy atom. The number of pyridine rings is 1. The first kappa shape index (κ1) is 12.3. The van der Waals surface area contributed by atoms with E-state index in [2.05, 4.69) is 20.1 Å². The van der Waals surface area contributed by atoms with Gasteiger partial charge in [0.2, 0.25) is 5.89 Å². The minimum absolute atomic E-state index is 0.501. The molecule has 0 saturated carbocycles. The lowest BCUT2D eigenvalue weighted by atomic mass is 10.2. The van der Waals surface area contributed by atoms with Crippen LogP contribution in [0.3, 0.4) is 0 Å². The highest BCUT2D eigenvalue weighted by molar-refractivity contribution is 5.59. The Bertz CT molecular complexity index is 700. The first-order valence-corrected chi connectivity index (χ1v) is 6.23. The van der Waals surface area contributed by atoms with Gasteiger partial charge in [-0.15, -0.1) is 0 Å². The van der Waals surface area contributed by atoms with Gasteiger partial charge >= 0.3 is 0 Å². The SMILES string of the molecule is Cc1noc(CCn2cncc2-c2ccc(N)nc2)n1. The molecule has 0 amide bonds. The molecule has 2 N–H and O–H groups in total. The zero-order chi connectivity index (χ0) is 13.9. The van der Waals surface area contributed by atoms with Crippen molar-refractivity contribution in [3.8, 4) is 11.3 Å². The Balaban J connectivity index is 1.78. The highest BCUT2D eigenvalue weighted by Crippen LogP contribution is 2.19. The molecule has 0 bridgehead atoms. The summed E-state index contributed by atoms with van der Waals surface area (Å²) < 4.78 is 7.12. The first-order chi connectivity index (χ1) is 9.72. The van der Waals surface area contributed by atoms with Crippen molar-refractivity contribution in [1.82, 2.24) is 24.7 Å². The average molecular weight is 270 g/mol. The quantitative estimate of drug-likeness (QED) is 0.771. The molecule has 3 heterocycles. The molecule has 0 aliphatic carbocycles. The molecule has 0 radical (unpaired) electrons. The smallest absolute Gasteiger partial charge is 0.228 e. The van der Waals surface area contributed by atoms with Gasteiger partial charge < -0.3 is 14.8 Å². The normalized spacial score (nSPS) is 10.8. The number of aromatic nitrogens is 5. The van der Waals surface area contributed by atoms with E-state index >= 15 is 0 Å². The second-order valence-corrected chi connectivity index (χ2v) is 4.43. The van der Waals surface area contributed by atoms with Crippen LogP contribution in [0.2, 0.25) is 0 Å². The second kappa shape index (κ2) is 5.12. The summed E-state index contributed by atoms with van der Waals surface area (Å²) in [7, 11) is 0. The molecule has 0 aliphatic heterocycles. The van der Waals surface area contributed by atoms with Crippen LogP contribution in [0, 0.1) is 6.92 Å². The lowest BCUT2D eigenvalue weighted by molar-refractivity contribution is 0.368. The average Bonchev–Trinajstić information content (AvgIpc) is 3.06. The fourth-order valence-electron chi connectivity index (χ4n) is 1.95. The van der Waals surface area contributed by atoms with Crippen LogP contribution in [-0.2, 0) is 13.0 Å². The third-order valence-corrected chi connectivity index (χ3v) is 2.93. The standard InChI is InChI=1S/C13H14N6O/c1-9-17-13(20-18-9)4-5-19-8-15-7-11(19)10-2-3-12(14)16-6-10/h2-3,6-8H,4-5H2,1H3,(H2,14,16). The monoisotopic (exact) mass is 270 g/mol. The molecule has 0 fully saturated rings. The highest BCUT2D eigenvalue weighted by atomic mass is 16.5. The molecule has 0 saturated heterocycles. The van der Waals surface area contributed by atoms with Crippen molar-refractivity contribution in [2.75, 3.05) is 5.73 Å². The zero-order valence-electron chi connectivity index (χ0n) is 11.0. The van der Waals surface area contributed by atoms with Crippen molar-refractivity contribution in [3.05, 3.63) is 42.6 Å². The Morgan fingerprint density at radius 3 is 2.90 bits per heavy atom. The number of rotatable bonds is 4. The molecule has 0 unspecified atom stereocenters. The van der Waals surface area contributed by atoms with Gasteiger partial charge in [-0.05, 0) is 19.1 Å². The number of nitrogens with two attached hydrogens (primary N) is 1. The third-order valence-electron chi connectivity index (χ3n) is 2.93. The van der Waals surface area contributed by atoms with Gasteiger partial charge in [-0.2, -0.15) is 4.98 Å². The van der Waals surface area contributed by atoms with Crippen LogP contribution >= 0.6 is 0 Å². The number of hydrogen-bond donors (Lipinski definition) is 1. The molecule has 20 heavy (non-hydrogen) atoms. The molecule has 3 aromatic heterocycles. The van der Waals surface area contributed by atoms with Crippen LogP contribution in [0.1, 0.15) is 11.7 Å². The van der Waals surface area contributed by atoms with E-state index in [0.29, 0.717) is 30.5 Å². The summed E-state index contributed by atoms with van der Waals surface area (Å²) in [5.41, 5.74) is 7.55. The van der Waals surface area contributed by atoms with Crippen LogP contribution in [0.5, 0.6) is 0 Å². The zero-order valence-corrected chi connectivity index (χ0v) is 11.0. The van der Waals surface area contributed by atoms with Gasteiger partial charge in [-0.3, -0.25) is 0 Å². The van der Waals surface area contributed by atoms with Gasteiger partial charge in [0, 0.05) is 24.7 Å². The van der Waals surface area contributed by atoms with Crippen LogP contribution in [0.25, 0.3) is 11.3 Å². The van der Waals surface area contributed by atoms with Crippen LogP contribution < -0.4 is 5.73 Å². The minimum Gasteiger partial charge on any atom is -0.384 e. The fraction of sp³-hybridized carbons (Fsp3) is 0.231. The summed E-state index contributed by atoms with van der Waals surface area (Å²) in [4.78, 5) is 12.5. The minimum atomic E-state index is 0.501. The maximum absolute atomic E-state index is 5.59. The number of anilines is 1. The molecule has 3 rings (SSSR count). The largest absolute Gasteiger partial charge is 0.384 e. The number of hydrogen-bond acceptors (Lipinski definition) is 6. The van der Waals surface area contributed by atoms with E-state index in [1.54, 1.807) is 31.7 Å². The molecular formula is C13H14N6O. The summed E-state index contributed by atoms with van der Waals surface area (Å²) in [5, 5.41) is 3.77. The first-order valence-electron chi connectivity index (χ1n) is 6.23. The van der Waals surface area contributed by atoms with Gasteiger partial charge in [0.25, 0.3) is 0 Å². The van der Waals surface area contributed by atoms with E-state index < -0.39 is 0 Å². The predicted molar refractivity (Wildman–Crippen MR) is 72.6 cm³/mol. The van der Waals surface area contributed by atoms with E-state index in [-0.39, 0.29) is 0 Å². The Kier molecular flexibility index (Phi) is 3.16. The van der Waals surface area contributed by atoms with E-state index in [4.69, 9.17) is 10.3 Å². The van der Waals surface area contributed by atoms with Crippen molar-refractivity contribution in [2.45, 2.75) is 19.9 Å². The Morgan fingerprint density at radius 2 is 2.20 bits per heavy atom. The summed E-state index contributed by atoms with van der Waals surface area (Å²) >= 11 is 0. The lowest BCUT2D eigenvalue weighted by Gasteiger charge is -2.06. The summed E-state index contributed by atoms with van der Waals surface area (Å²) in [6.07, 6.45) is 5.97. The topological polar surface area (TPSA) is 95.7 Å². The fourth-order valence-corrected chi connectivity index (χ4v) is 1.95. The molecular weight excluding hydrogens is 256 g/mol. The third kappa shape index (κ3) is 2.51. The van der Waals surface area contributed by atoms with Crippen LogP contribution in [-0.4, -0.2) is 24.7 Å². The van der Waals surface area contributed by atoms with Crippen molar-refractivity contribution in [2.24, 2.45) is 0 Å². The molecule has 7 nitrogen and oxygen atoms in total. The van der Waals surface area contributed by atoms with E-state index in [0.717, 1.165) is 11.3 Å². The van der Waals surface area contributed by atoms with Gasteiger partial charge in [0.15, 0.2) is 5.82 Å². The number of nitrogen functional groups attached to an aromatic ring is 1. The van der Waals surface area contributed by atoms with Crippen molar-refractivity contribution >= 4 is 5.82 Å². The van der Waals surface area contributed by atoms with E-state index in [1.807, 2.05) is 10.6 Å². The van der Waals surface area contributed by atoms with Gasteiger partial charge in [-0.1, -0.05) is 5.16 Å². The molecule has 0 aliphatic rings. The van der Waals surface area contributed by atoms with E-state index in [9.17, 15) is 0 Å². The maximum atomic E-state index is 5.59. The summed E-state index contributed by atoms with van der Waals surface area (Å²) in [6, 6.07) is 3.70. The maximum Gasteiger partial charge on any atom is 0.228 e. The van der Waals surface area contributed by atoms with Gasteiger partial charge in [-0.25, -0.2) is 9.97 Å². The Labute approximate surface area is 115 Å². The summed E-state index contributed by atoms with van der Waals surface area (Å²) in [6.45, 7) is 2.51. The number of imidazole rings is 1. The van der Waals surface area contributed by atoms with Crippen molar-refractivity contribution in [1.29, 1.82) is 0 Å². The Hall–Kier alpha value is -2.70. The molecule has 102 valence electrons. The van der Waals surface area contributed by atoms with Crippen LogP contribution in [0.4, 0.5) is 5.82 Å². The molecule has 0 aromatic carbocycles. The molecule has 0 spiro atoms. The van der Waals surface area contributed by atoms with Crippen LogP contribution in [0.15, 0.2) is 35.4 Å². The van der Waals surface area contributed by atoms with E-state index in [1.165, 1.54) is 0 Å². The second-order valence-electron chi connectivity index (χ2n) is 4.43. The van der Waals surface area contributed by atoms with Crippen molar-refractivity contribution in [3.63, 3.8) is 0 Å². The lowest BCUT2D eigenvalue weighted by Crippen LogP contribution is -2.02. The molecule has 7 heteroatoms. The molecule has 0 atom stereocenters. The van der Waals surface area contributed by atoms with Crippen molar-refractivity contribution < 1.29 is 4.52 Å². The van der Waals surface area contributed by atoms with Gasteiger partial charge in [0.1, 0.15) is 5.82 Å². The van der Waals surface area contributed by atoms with Gasteiger partial charge in [0.05, 0.1) is 18.2 Å².